The van der Waals surface area contributed by atoms with Crippen molar-refractivity contribution in [2.45, 2.75) is 67.9 Å². The largest absolute Gasteiger partial charge is 0.481 e. The van der Waals surface area contributed by atoms with Crippen LogP contribution in [-0.2, 0) is 28.2 Å². The van der Waals surface area contributed by atoms with E-state index in [4.69, 9.17) is 26.8 Å². The number of halogens is 1. The average Bonchev–Trinajstić information content (AvgIpc) is 3.23. The zero-order valence-corrected chi connectivity index (χ0v) is 20.3. The number of aliphatic carboxylic acids is 2. The van der Waals surface area contributed by atoms with Crippen molar-refractivity contribution in [3.8, 4) is 0 Å². The van der Waals surface area contributed by atoms with Crippen molar-refractivity contribution in [3.05, 3.63) is 57.9 Å². The summed E-state index contributed by atoms with van der Waals surface area (Å²) in [6, 6.07) is 8.75. The lowest BCUT2D eigenvalue weighted by molar-refractivity contribution is -0.143. The van der Waals surface area contributed by atoms with Crippen LogP contribution in [0.25, 0.3) is 0 Å². The molecule has 0 spiro atoms. The summed E-state index contributed by atoms with van der Waals surface area (Å²) in [7, 11) is 0. The third-order valence-corrected chi connectivity index (χ3v) is 7.65. The maximum atomic E-state index is 9.64. The van der Waals surface area contributed by atoms with E-state index in [1.165, 1.54) is 47.3 Å². The SMILES string of the molecule is Clc1ccc2c(c1SCc1ccc(C3CCCC3)cn1)CCNCC2.O=C(O)CCC(=O)O. The number of rotatable bonds is 7. The lowest BCUT2D eigenvalue weighted by atomic mass is 9.99. The fourth-order valence-electron chi connectivity index (χ4n) is 4.25. The number of nitrogens with one attached hydrogen (secondary N) is 1. The quantitative estimate of drug-likeness (QED) is 0.452. The Labute approximate surface area is 204 Å². The molecule has 0 radical (unpaired) electrons. The van der Waals surface area contributed by atoms with Gasteiger partial charge in [-0.25, -0.2) is 0 Å². The monoisotopic (exact) mass is 490 g/mol. The molecule has 1 aromatic carbocycles. The maximum absolute atomic E-state index is 9.64. The molecule has 0 bridgehead atoms. The smallest absolute Gasteiger partial charge is 0.303 e. The van der Waals surface area contributed by atoms with Crippen LogP contribution in [0.5, 0.6) is 0 Å². The van der Waals surface area contributed by atoms with E-state index in [2.05, 4.69) is 35.8 Å². The molecule has 1 aliphatic heterocycles. The fourth-order valence-corrected chi connectivity index (χ4v) is 5.66. The molecule has 0 saturated heterocycles. The Kier molecular flexibility index (Phi) is 10.0. The Hall–Kier alpha value is -2.09. The number of carbonyl (C=O) groups is 2. The highest BCUT2D eigenvalue weighted by Crippen LogP contribution is 2.37. The topological polar surface area (TPSA) is 99.5 Å². The molecule has 33 heavy (non-hydrogen) atoms. The van der Waals surface area contributed by atoms with Crippen LogP contribution in [0.2, 0.25) is 5.02 Å². The summed E-state index contributed by atoms with van der Waals surface area (Å²) >= 11 is 8.37. The molecular formula is C25H31ClN2O4S. The number of thioether (sulfide) groups is 1. The lowest BCUT2D eigenvalue weighted by Crippen LogP contribution is -2.16. The normalized spacial score (nSPS) is 15.8. The molecule has 8 heteroatoms. The Morgan fingerprint density at radius 2 is 1.73 bits per heavy atom. The highest BCUT2D eigenvalue weighted by atomic mass is 35.5. The predicted molar refractivity (Wildman–Crippen MR) is 131 cm³/mol. The number of carboxylic acid groups (broad SMARTS) is 2. The Bertz CT molecular complexity index is 932. The standard InChI is InChI=1S/C21H25ClN2S.C4H6O4/c22-20-8-6-16-9-11-23-12-10-19(16)21(20)25-14-18-7-5-17(13-24-18)15-3-1-2-4-15;5-3(6)1-2-4(7)8/h5-8,13,15,23H,1-4,9-12,14H2;1-2H2,(H,5,6)(H,7,8). The van der Waals surface area contributed by atoms with Crippen molar-refractivity contribution in [1.82, 2.24) is 10.3 Å². The molecule has 1 saturated carbocycles. The van der Waals surface area contributed by atoms with Crippen LogP contribution in [0.1, 0.15) is 66.8 Å². The number of nitrogens with zero attached hydrogens (tertiary/aromatic N) is 1. The van der Waals surface area contributed by atoms with Crippen molar-refractivity contribution in [1.29, 1.82) is 0 Å². The first-order valence-corrected chi connectivity index (χ1v) is 12.8. The Morgan fingerprint density at radius 3 is 2.36 bits per heavy atom. The highest BCUT2D eigenvalue weighted by molar-refractivity contribution is 7.98. The van der Waals surface area contributed by atoms with Gasteiger partial charge in [0.15, 0.2) is 0 Å². The van der Waals surface area contributed by atoms with Gasteiger partial charge in [-0.15, -0.1) is 11.8 Å². The van der Waals surface area contributed by atoms with E-state index in [1.807, 2.05) is 11.8 Å². The molecule has 6 nitrogen and oxygen atoms in total. The van der Waals surface area contributed by atoms with E-state index in [0.29, 0.717) is 0 Å². The van der Waals surface area contributed by atoms with Gasteiger partial charge < -0.3 is 15.5 Å². The predicted octanol–water partition coefficient (Wildman–Crippen LogP) is 5.31. The number of pyridine rings is 1. The summed E-state index contributed by atoms with van der Waals surface area (Å²) in [5, 5.41) is 20.2. The van der Waals surface area contributed by atoms with Gasteiger partial charge in [-0.1, -0.05) is 36.6 Å². The van der Waals surface area contributed by atoms with Crippen LogP contribution < -0.4 is 5.32 Å². The molecule has 0 amide bonds. The number of hydrogen-bond donors (Lipinski definition) is 3. The molecule has 0 atom stereocenters. The third kappa shape index (κ3) is 8.02. The van der Waals surface area contributed by atoms with E-state index in [0.717, 1.165) is 48.3 Å². The molecule has 178 valence electrons. The van der Waals surface area contributed by atoms with Gasteiger partial charge in [0.05, 0.1) is 23.6 Å². The van der Waals surface area contributed by atoms with Gasteiger partial charge in [0.25, 0.3) is 0 Å². The molecule has 1 fully saturated rings. The average molecular weight is 491 g/mol. The minimum atomic E-state index is -1.08. The number of fused-ring (bicyclic) bond motifs is 1. The summed E-state index contributed by atoms with van der Waals surface area (Å²) in [6.07, 6.45) is 9.06. The second kappa shape index (κ2) is 13.0. The second-order valence-corrected chi connectivity index (χ2v) is 9.80. The fraction of sp³-hybridized carbons (Fsp3) is 0.480. The molecular weight excluding hydrogens is 460 g/mol. The van der Waals surface area contributed by atoms with Gasteiger partial charge in [0.2, 0.25) is 0 Å². The maximum Gasteiger partial charge on any atom is 0.303 e. The molecule has 2 aliphatic rings. The Morgan fingerprint density at radius 1 is 1.03 bits per heavy atom. The lowest BCUT2D eigenvalue weighted by Gasteiger charge is -2.14. The van der Waals surface area contributed by atoms with E-state index >= 15 is 0 Å². The molecule has 4 rings (SSSR count). The number of hydrogen-bond acceptors (Lipinski definition) is 5. The number of carboxylic acids is 2. The van der Waals surface area contributed by atoms with Crippen molar-refractivity contribution >= 4 is 35.3 Å². The van der Waals surface area contributed by atoms with E-state index in [1.54, 1.807) is 0 Å². The first-order valence-electron chi connectivity index (χ1n) is 11.5. The highest BCUT2D eigenvalue weighted by Gasteiger charge is 2.18. The summed E-state index contributed by atoms with van der Waals surface area (Å²) in [4.78, 5) is 25.3. The molecule has 1 aromatic heterocycles. The van der Waals surface area contributed by atoms with E-state index in [9.17, 15) is 9.59 Å². The van der Waals surface area contributed by atoms with Gasteiger partial charge in [-0.3, -0.25) is 14.6 Å². The third-order valence-electron chi connectivity index (χ3n) is 6.02. The molecule has 2 heterocycles. The van der Waals surface area contributed by atoms with Gasteiger partial charge in [-0.2, -0.15) is 0 Å². The zero-order valence-electron chi connectivity index (χ0n) is 18.7. The van der Waals surface area contributed by atoms with Crippen LogP contribution in [0, 0.1) is 0 Å². The number of aromatic nitrogens is 1. The summed E-state index contributed by atoms with van der Waals surface area (Å²) in [5.41, 5.74) is 5.45. The van der Waals surface area contributed by atoms with Gasteiger partial charge >= 0.3 is 11.9 Å². The van der Waals surface area contributed by atoms with Gasteiger partial charge in [0.1, 0.15) is 0 Å². The molecule has 1 aliphatic carbocycles. The first kappa shape index (κ1) is 25.5. The molecule has 2 aromatic rings. The number of benzene rings is 1. The van der Waals surface area contributed by atoms with Crippen LogP contribution in [0.15, 0.2) is 35.4 Å². The van der Waals surface area contributed by atoms with Crippen LogP contribution in [-0.4, -0.2) is 40.2 Å². The van der Waals surface area contributed by atoms with Crippen LogP contribution >= 0.6 is 23.4 Å². The second-order valence-electron chi connectivity index (χ2n) is 8.40. The van der Waals surface area contributed by atoms with Crippen LogP contribution in [0.3, 0.4) is 0 Å². The van der Waals surface area contributed by atoms with Crippen molar-refractivity contribution in [3.63, 3.8) is 0 Å². The summed E-state index contributed by atoms with van der Waals surface area (Å²) in [6.45, 7) is 2.10. The van der Waals surface area contributed by atoms with Crippen molar-refractivity contribution in [2.75, 3.05) is 13.1 Å². The molecule has 3 N–H and O–H groups in total. The van der Waals surface area contributed by atoms with Crippen molar-refractivity contribution < 1.29 is 19.8 Å². The Balaban J connectivity index is 0.000000331. The minimum Gasteiger partial charge on any atom is -0.481 e. The van der Waals surface area contributed by atoms with Gasteiger partial charge in [0, 0.05) is 16.8 Å². The molecule has 0 unspecified atom stereocenters. The first-order chi connectivity index (χ1) is 15.9. The summed E-state index contributed by atoms with van der Waals surface area (Å²) < 4.78 is 0. The van der Waals surface area contributed by atoms with Gasteiger partial charge in [-0.05, 0) is 73.5 Å². The summed E-state index contributed by atoms with van der Waals surface area (Å²) in [5.74, 6) is -0.532. The minimum absolute atomic E-state index is 0.296. The zero-order chi connectivity index (χ0) is 23.6. The van der Waals surface area contributed by atoms with Crippen molar-refractivity contribution in [2.24, 2.45) is 0 Å². The van der Waals surface area contributed by atoms with E-state index in [-0.39, 0.29) is 12.8 Å². The van der Waals surface area contributed by atoms with E-state index < -0.39 is 11.9 Å². The van der Waals surface area contributed by atoms with Crippen LogP contribution in [0.4, 0.5) is 0 Å².